The highest BCUT2D eigenvalue weighted by atomic mass is 32.1. The number of allylic oxidation sites excluding steroid dienone is 2. The molecular weight excluding hydrogens is 120 g/mol. The van der Waals surface area contributed by atoms with Crippen LogP contribution in [0.1, 0.15) is 19.8 Å². The molecule has 0 saturated heterocycles. The molecular formula is C6H11OS+. The zero-order valence-electron chi connectivity index (χ0n) is 5.09. The summed E-state index contributed by atoms with van der Waals surface area (Å²) >= 11 is 0.651. The van der Waals surface area contributed by atoms with Gasteiger partial charge in [0.2, 0.25) is 5.75 Å². The summed E-state index contributed by atoms with van der Waals surface area (Å²) in [5.74, 6) is 0.705. The van der Waals surface area contributed by atoms with Crippen LogP contribution in [0.3, 0.4) is 0 Å². The molecule has 0 aliphatic heterocycles. The summed E-state index contributed by atoms with van der Waals surface area (Å²) in [6.45, 7) is 2.08. The predicted molar refractivity (Wildman–Crippen MR) is 37.0 cm³/mol. The Hall–Kier alpha value is -0.240. The zero-order valence-corrected chi connectivity index (χ0v) is 5.91. The van der Waals surface area contributed by atoms with Gasteiger partial charge in [0, 0.05) is 10.6 Å². The van der Waals surface area contributed by atoms with Crippen LogP contribution in [0.25, 0.3) is 0 Å². The third kappa shape index (κ3) is 5.76. The summed E-state index contributed by atoms with van der Waals surface area (Å²) in [6.07, 6.45) is 6.12. The van der Waals surface area contributed by atoms with Crippen LogP contribution in [0.4, 0.5) is 0 Å². The molecule has 46 valence electrons. The van der Waals surface area contributed by atoms with Crippen LogP contribution in [-0.4, -0.2) is 5.75 Å². The maximum absolute atomic E-state index is 9.78. The Bertz CT molecular complexity index is 78.6. The lowest BCUT2D eigenvalue weighted by Crippen LogP contribution is -1.74. The second-order valence-electron chi connectivity index (χ2n) is 1.49. The minimum Gasteiger partial charge on any atom is -0.0886 e. The Morgan fingerprint density at radius 1 is 1.50 bits per heavy atom. The van der Waals surface area contributed by atoms with Crippen LogP contribution < -0.4 is 0 Å². The molecule has 0 N–H and O–H groups in total. The molecule has 8 heavy (non-hydrogen) atoms. The third-order valence-corrected chi connectivity index (χ3v) is 1.17. The second kappa shape index (κ2) is 6.76. The summed E-state index contributed by atoms with van der Waals surface area (Å²) in [6, 6.07) is 0. The van der Waals surface area contributed by atoms with Gasteiger partial charge in [-0.1, -0.05) is 19.1 Å². The molecule has 0 bridgehead atoms. The maximum atomic E-state index is 9.78. The van der Waals surface area contributed by atoms with E-state index in [1.165, 1.54) is 0 Å². The van der Waals surface area contributed by atoms with Gasteiger partial charge in [-0.15, -0.1) is 0 Å². The number of rotatable bonds is 4. The standard InChI is InChI=1S/C6H11OS/c1-2-3-4-5-6-8-7/h3-4H,2,5-6H2,1H3/q+1. The van der Waals surface area contributed by atoms with Gasteiger partial charge in [-0.2, -0.15) is 0 Å². The van der Waals surface area contributed by atoms with Crippen molar-refractivity contribution < 1.29 is 4.21 Å². The van der Waals surface area contributed by atoms with Crippen LogP contribution in [0.5, 0.6) is 0 Å². The van der Waals surface area contributed by atoms with E-state index in [0.717, 1.165) is 12.8 Å². The van der Waals surface area contributed by atoms with Gasteiger partial charge in [0.15, 0.2) is 0 Å². The van der Waals surface area contributed by atoms with Gasteiger partial charge < -0.3 is 0 Å². The van der Waals surface area contributed by atoms with Gasteiger partial charge in [-0.3, -0.25) is 0 Å². The highest BCUT2D eigenvalue weighted by molar-refractivity contribution is 7.65. The molecule has 0 aromatic rings. The summed E-state index contributed by atoms with van der Waals surface area (Å²) in [5, 5.41) is 0. The zero-order chi connectivity index (χ0) is 6.24. The molecule has 0 amide bonds. The van der Waals surface area contributed by atoms with E-state index < -0.39 is 0 Å². The monoisotopic (exact) mass is 131 g/mol. The van der Waals surface area contributed by atoms with Crippen molar-refractivity contribution >= 4 is 11.7 Å². The van der Waals surface area contributed by atoms with E-state index >= 15 is 0 Å². The largest absolute Gasteiger partial charge is 0.458 e. The quantitative estimate of drug-likeness (QED) is 0.323. The first-order valence-electron chi connectivity index (χ1n) is 2.81. The Balaban J connectivity index is 2.90. The molecule has 0 unspecified atom stereocenters. The summed E-state index contributed by atoms with van der Waals surface area (Å²) in [7, 11) is 0. The fraction of sp³-hybridized carbons (Fsp3) is 0.667. The Morgan fingerprint density at radius 3 is 2.75 bits per heavy atom. The van der Waals surface area contributed by atoms with Gasteiger partial charge >= 0.3 is 11.7 Å². The normalized spacial score (nSPS) is 10.1. The van der Waals surface area contributed by atoms with Crippen molar-refractivity contribution in [3.63, 3.8) is 0 Å². The second-order valence-corrected chi connectivity index (χ2v) is 2.13. The molecule has 0 aromatic heterocycles. The van der Waals surface area contributed by atoms with Crippen molar-refractivity contribution in [1.29, 1.82) is 0 Å². The smallest absolute Gasteiger partial charge is 0.0886 e. The molecule has 0 heterocycles. The molecule has 0 rings (SSSR count). The minimum atomic E-state index is 0.651. The fourth-order valence-electron chi connectivity index (χ4n) is 0.401. The Kier molecular flexibility index (Phi) is 6.56. The van der Waals surface area contributed by atoms with Crippen LogP contribution >= 0.6 is 0 Å². The predicted octanol–water partition coefficient (Wildman–Crippen LogP) is 1.77. The molecule has 1 nitrogen and oxygen atoms in total. The van der Waals surface area contributed by atoms with Gasteiger partial charge in [0.25, 0.3) is 0 Å². The summed E-state index contributed by atoms with van der Waals surface area (Å²) in [4.78, 5) is 0. The van der Waals surface area contributed by atoms with Crippen molar-refractivity contribution in [2.45, 2.75) is 19.8 Å². The van der Waals surface area contributed by atoms with Crippen molar-refractivity contribution in [2.75, 3.05) is 5.75 Å². The first kappa shape index (κ1) is 7.76. The van der Waals surface area contributed by atoms with Crippen molar-refractivity contribution in [3.8, 4) is 0 Å². The first-order valence-corrected chi connectivity index (χ1v) is 3.72. The minimum absolute atomic E-state index is 0.651. The molecule has 2 heteroatoms. The average Bonchev–Trinajstić information content (AvgIpc) is 1.81. The van der Waals surface area contributed by atoms with E-state index in [4.69, 9.17) is 0 Å². The molecule has 0 fully saturated rings. The van der Waals surface area contributed by atoms with Crippen LogP contribution in [0.15, 0.2) is 12.2 Å². The van der Waals surface area contributed by atoms with Gasteiger partial charge in [0.1, 0.15) is 0 Å². The van der Waals surface area contributed by atoms with Crippen molar-refractivity contribution in [3.05, 3.63) is 12.2 Å². The van der Waals surface area contributed by atoms with E-state index in [9.17, 15) is 4.21 Å². The highest BCUT2D eigenvalue weighted by Crippen LogP contribution is 1.84. The highest BCUT2D eigenvalue weighted by Gasteiger charge is 1.90. The van der Waals surface area contributed by atoms with Crippen molar-refractivity contribution in [1.82, 2.24) is 0 Å². The van der Waals surface area contributed by atoms with E-state index in [-0.39, 0.29) is 0 Å². The summed E-state index contributed by atoms with van der Waals surface area (Å²) < 4.78 is 9.78. The fourth-order valence-corrected chi connectivity index (χ4v) is 0.633. The van der Waals surface area contributed by atoms with Crippen molar-refractivity contribution in [2.24, 2.45) is 0 Å². The molecule has 0 aliphatic rings. The average molecular weight is 131 g/mol. The first-order chi connectivity index (χ1) is 3.91. The molecule has 0 atom stereocenters. The number of hydrogen-bond acceptors (Lipinski definition) is 1. The molecule has 0 radical (unpaired) electrons. The van der Waals surface area contributed by atoms with E-state index in [0.29, 0.717) is 17.4 Å². The Labute approximate surface area is 54.3 Å². The molecule has 0 saturated carbocycles. The van der Waals surface area contributed by atoms with E-state index in [1.54, 1.807) is 0 Å². The maximum Gasteiger partial charge on any atom is 0.458 e. The van der Waals surface area contributed by atoms with Gasteiger partial charge in [-0.25, -0.2) is 0 Å². The van der Waals surface area contributed by atoms with Gasteiger partial charge in [-0.05, 0) is 6.42 Å². The van der Waals surface area contributed by atoms with Gasteiger partial charge in [0.05, 0.1) is 0 Å². The van der Waals surface area contributed by atoms with Crippen LogP contribution in [0.2, 0.25) is 0 Å². The molecule has 0 spiro atoms. The SMILES string of the molecule is CCC=CCC[S+]=O. The topological polar surface area (TPSA) is 17.1 Å². The van der Waals surface area contributed by atoms with E-state index in [2.05, 4.69) is 13.0 Å². The lowest BCUT2D eigenvalue weighted by Gasteiger charge is -1.73. The lowest BCUT2D eigenvalue weighted by molar-refractivity contribution is 0.605. The van der Waals surface area contributed by atoms with Crippen LogP contribution in [0, 0.1) is 0 Å². The Morgan fingerprint density at radius 2 is 2.25 bits per heavy atom. The number of hydrogen-bond donors (Lipinski definition) is 0. The molecule has 0 aliphatic carbocycles. The molecule has 0 aromatic carbocycles. The van der Waals surface area contributed by atoms with E-state index in [1.807, 2.05) is 6.08 Å². The third-order valence-electron chi connectivity index (χ3n) is 0.770. The lowest BCUT2D eigenvalue weighted by atomic mass is 10.4. The summed E-state index contributed by atoms with van der Waals surface area (Å²) in [5.41, 5.74) is 0. The van der Waals surface area contributed by atoms with Crippen LogP contribution in [-0.2, 0) is 15.9 Å².